The van der Waals surface area contributed by atoms with Gasteiger partial charge in [0, 0.05) is 30.3 Å². The van der Waals surface area contributed by atoms with Crippen molar-refractivity contribution in [3.05, 3.63) is 22.5 Å². The van der Waals surface area contributed by atoms with Gasteiger partial charge in [0.15, 0.2) is 0 Å². The highest BCUT2D eigenvalue weighted by Crippen LogP contribution is 2.21. The molecule has 1 amide bonds. The van der Waals surface area contributed by atoms with Crippen molar-refractivity contribution in [2.24, 2.45) is 0 Å². The third-order valence-electron chi connectivity index (χ3n) is 3.16. The quantitative estimate of drug-likeness (QED) is 0.853. The molecule has 2 N–H and O–H groups in total. The lowest BCUT2D eigenvalue weighted by molar-refractivity contribution is 0.0690. The number of aryl methyl sites for hydroxylation is 1. The molecule has 1 aliphatic heterocycles. The van der Waals surface area contributed by atoms with E-state index >= 15 is 0 Å². The minimum Gasteiger partial charge on any atom is -0.477 e. The molecule has 1 aliphatic rings. The predicted molar refractivity (Wildman–Crippen MR) is 70.5 cm³/mol. The van der Waals surface area contributed by atoms with E-state index in [0.717, 1.165) is 24.6 Å². The zero-order chi connectivity index (χ0) is 13.3. The van der Waals surface area contributed by atoms with Crippen LogP contribution < -0.4 is 0 Å². The molecule has 18 heavy (non-hydrogen) atoms. The number of hydrogen-bond acceptors (Lipinski definition) is 3. The van der Waals surface area contributed by atoms with E-state index in [4.69, 9.17) is 5.11 Å². The van der Waals surface area contributed by atoms with E-state index in [9.17, 15) is 9.59 Å². The second-order valence-electron chi connectivity index (χ2n) is 4.33. The number of carboxylic acids is 1. The van der Waals surface area contributed by atoms with Gasteiger partial charge in [-0.15, -0.1) is 0 Å². The van der Waals surface area contributed by atoms with Gasteiger partial charge in [-0.3, -0.25) is 4.79 Å². The number of carboxylic acid groups (broad SMARTS) is 1. The van der Waals surface area contributed by atoms with Gasteiger partial charge in [0.2, 0.25) is 0 Å². The molecule has 0 aliphatic carbocycles. The van der Waals surface area contributed by atoms with Gasteiger partial charge in [0.1, 0.15) is 5.69 Å². The Morgan fingerprint density at radius 3 is 2.39 bits per heavy atom. The number of thioether (sulfide) groups is 1. The topological polar surface area (TPSA) is 73.4 Å². The van der Waals surface area contributed by atoms with E-state index in [1.165, 1.54) is 0 Å². The lowest BCUT2D eigenvalue weighted by atomic mass is 10.1. The molecular weight excluding hydrogens is 252 g/mol. The third kappa shape index (κ3) is 2.25. The zero-order valence-corrected chi connectivity index (χ0v) is 11.3. The molecule has 0 saturated carbocycles. The van der Waals surface area contributed by atoms with Crippen LogP contribution in [0.5, 0.6) is 0 Å². The second-order valence-corrected chi connectivity index (χ2v) is 5.56. The average molecular weight is 268 g/mol. The first-order valence-corrected chi connectivity index (χ1v) is 6.97. The molecule has 1 aromatic heterocycles. The SMILES string of the molecule is Cc1[nH]c(C(=O)O)c(C)c1C(=O)N1CCSCC1. The van der Waals surface area contributed by atoms with Crippen LogP contribution in [-0.4, -0.2) is 51.5 Å². The Morgan fingerprint density at radius 1 is 1.28 bits per heavy atom. The van der Waals surface area contributed by atoms with E-state index in [0.29, 0.717) is 16.8 Å². The molecule has 2 rings (SSSR count). The number of carbonyl (C=O) groups is 2. The first kappa shape index (κ1) is 13.0. The van der Waals surface area contributed by atoms with Gasteiger partial charge in [-0.05, 0) is 19.4 Å². The first-order valence-electron chi connectivity index (χ1n) is 5.82. The summed E-state index contributed by atoms with van der Waals surface area (Å²) in [7, 11) is 0. The normalized spacial score (nSPS) is 15.8. The summed E-state index contributed by atoms with van der Waals surface area (Å²) in [6.07, 6.45) is 0. The molecular formula is C12H16N2O3S. The third-order valence-corrected chi connectivity index (χ3v) is 4.11. The molecule has 5 nitrogen and oxygen atoms in total. The fourth-order valence-electron chi connectivity index (χ4n) is 2.21. The van der Waals surface area contributed by atoms with Gasteiger partial charge in [0.05, 0.1) is 5.56 Å². The number of rotatable bonds is 2. The fraction of sp³-hybridized carbons (Fsp3) is 0.500. The summed E-state index contributed by atoms with van der Waals surface area (Å²) < 4.78 is 0. The van der Waals surface area contributed by atoms with Gasteiger partial charge in [-0.1, -0.05) is 0 Å². The van der Waals surface area contributed by atoms with E-state index in [2.05, 4.69) is 4.98 Å². The minimum atomic E-state index is -1.02. The van der Waals surface area contributed by atoms with Crippen LogP contribution >= 0.6 is 11.8 Å². The molecule has 1 saturated heterocycles. The summed E-state index contributed by atoms with van der Waals surface area (Å²) >= 11 is 1.83. The monoisotopic (exact) mass is 268 g/mol. The maximum atomic E-state index is 12.4. The van der Waals surface area contributed by atoms with Crippen molar-refractivity contribution in [1.29, 1.82) is 0 Å². The van der Waals surface area contributed by atoms with Crippen LogP contribution in [0.1, 0.15) is 32.1 Å². The Labute approximate surface area is 110 Å². The van der Waals surface area contributed by atoms with Crippen molar-refractivity contribution in [3.8, 4) is 0 Å². The largest absolute Gasteiger partial charge is 0.477 e. The maximum Gasteiger partial charge on any atom is 0.352 e. The van der Waals surface area contributed by atoms with Crippen LogP contribution in [0.25, 0.3) is 0 Å². The van der Waals surface area contributed by atoms with Crippen LogP contribution in [-0.2, 0) is 0 Å². The molecule has 1 fully saturated rings. The van der Waals surface area contributed by atoms with Crippen molar-refractivity contribution in [1.82, 2.24) is 9.88 Å². The van der Waals surface area contributed by atoms with Crippen LogP contribution in [0, 0.1) is 13.8 Å². The van der Waals surface area contributed by atoms with Crippen LogP contribution in [0.15, 0.2) is 0 Å². The number of carbonyl (C=O) groups excluding carboxylic acids is 1. The van der Waals surface area contributed by atoms with E-state index in [1.807, 2.05) is 11.8 Å². The molecule has 2 heterocycles. The summed E-state index contributed by atoms with van der Waals surface area (Å²) in [6, 6.07) is 0. The Kier molecular flexibility index (Phi) is 3.65. The van der Waals surface area contributed by atoms with Crippen molar-refractivity contribution in [3.63, 3.8) is 0 Å². The van der Waals surface area contributed by atoms with Gasteiger partial charge >= 0.3 is 5.97 Å². The average Bonchev–Trinajstić information content (AvgIpc) is 2.65. The standard InChI is InChI=1S/C12H16N2O3S/c1-7-9(8(2)13-10(7)12(16)17)11(15)14-3-5-18-6-4-14/h13H,3-6H2,1-2H3,(H,16,17). The number of nitrogens with zero attached hydrogens (tertiary/aromatic N) is 1. The Morgan fingerprint density at radius 2 is 1.89 bits per heavy atom. The Balaban J connectivity index is 2.32. The molecule has 0 unspecified atom stereocenters. The van der Waals surface area contributed by atoms with E-state index in [1.54, 1.807) is 18.7 Å². The van der Waals surface area contributed by atoms with Crippen molar-refractivity contribution in [2.75, 3.05) is 24.6 Å². The van der Waals surface area contributed by atoms with Crippen molar-refractivity contribution >= 4 is 23.6 Å². The van der Waals surface area contributed by atoms with Gasteiger partial charge in [-0.25, -0.2) is 4.79 Å². The number of amides is 1. The fourth-order valence-corrected chi connectivity index (χ4v) is 3.11. The van der Waals surface area contributed by atoms with Crippen LogP contribution in [0.4, 0.5) is 0 Å². The molecule has 0 atom stereocenters. The molecule has 0 radical (unpaired) electrons. The molecule has 98 valence electrons. The van der Waals surface area contributed by atoms with Gasteiger partial charge < -0.3 is 15.0 Å². The predicted octanol–water partition coefficient (Wildman–Crippen LogP) is 1.52. The minimum absolute atomic E-state index is 0.0611. The summed E-state index contributed by atoms with van der Waals surface area (Å²) in [5.74, 6) is 0.804. The number of hydrogen-bond donors (Lipinski definition) is 2. The second kappa shape index (κ2) is 5.06. The smallest absolute Gasteiger partial charge is 0.352 e. The highest BCUT2D eigenvalue weighted by atomic mass is 32.2. The number of aromatic nitrogens is 1. The molecule has 0 spiro atoms. The van der Waals surface area contributed by atoms with Crippen LogP contribution in [0.3, 0.4) is 0 Å². The number of H-pyrrole nitrogens is 1. The Bertz CT molecular complexity index is 490. The molecule has 6 heteroatoms. The molecule has 0 bridgehead atoms. The van der Waals surface area contributed by atoms with Crippen LogP contribution in [0.2, 0.25) is 0 Å². The van der Waals surface area contributed by atoms with E-state index in [-0.39, 0.29) is 11.6 Å². The molecule has 1 aromatic rings. The highest BCUT2D eigenvalue weighted by molar-refractivity contribution is 7.99. The van der Waals surface area contributed by atoms with Crippen molar-refractivity contribution in [2.45, 2.75) is 13.8 Å². The summed E-state index contributed by atoms with van der Waals surface area (Å²) in [4.78, 5) is 28.0. The Hall–Kier alpha value is -1.43. The number of aromatic amines is 1. The van der Waals surface area contributed by atoms with Gasteiger partial charge in [-0.2, -0.15) is 11.8 Å². The lowest BCUT2D eigenvalue weighted by Gasteiger charge is -2.26. The molecule has 0 aromatic carbocycles. The first-order chi connectivity index (χ1) is 8.52. The number of aromatic carboxylic acids is 1. The van der Waals surface area contributed by atoms with Crippen molar-refractivity contribution < 1.29 is 14.7 Å². The lowest BCUT2D eigenvalue weighted by Crippen LogP contribution is -2.38. The highest BCUT2D eigenvalue weighted by Gasteiger charge is 2.26. The number of nitrogens with one attached hydrogen (secondary N) is 1. The zero-order valence-electron chi connectivity index (χ0n) is 10.4. The van der Waals surface area contributed by atoms with Gasteiger partial charge in [0.25, 0.3) is 5.91 Å². The summed E-state index contributed by atoms with van der Waals surface area (Å²) in [6.45, 7) is 4.89. The maximum absolute atomic E-state index is 12.4. The van der Waals surface area contributed by atoms with E-state index < -0.39 is 5.97 Å². The summed E-state index contributed by atoms with van der Waals surface area (Å²) in [5.41, 5.74) is 1.79. The summed E-state index contributed by atoms with van der Waals surface area (Å²) in [5, 5.41) is 9.04.